The van der Waals surface area contributed by atoms with E-state index in [1.165, 1.54) is 0 Å². The molecule has 5 heteroatoms. The Bertz CT molecular complexity index is 295. The second-order valence-electron chi connectivity index (χ2n) is 3.57. The molecule has 0 bridgehead atoms. The molecule has 1 rings (SSSR count). The van der Waals surface area contributed by atoms with Crippen LogP contribution in [-0.4, -0.2) is 34.3 Å². The number of hydrogen-bond acceptors (Lipinski definition) is 4. The first-order valence-corrected chi connectivity index (χ1v) is 4.75. The molecule has 4 N–H and O–H groups in total. The second kappa shape index (κ2) is 4.32. The van der Waals surface area contributed by atoms with Gasteiger partial charge in [-0.25, -0.2) is 4.98 Å². The quantitative estimate of drug-likeness (QED) is 0.658. The number of imidazole rings is 1. The lowest BCUT2D eigenvalue weighted by Crippen LogP contribution is -2.34. The molecular weight excluding hydrogens is 180 g/mol. The molecule has 0 saturated heterocycles. The number of hydrogen-bond donors (Lipinski definition) is 3. The van der Waals surface area contributed by atoms with Crippen LogP contribution in [0.4, 0.5) is 11.6 Å². The molecule has 1 heterocycles. The van der Waals surface area contributed by atoms with Gasteiger partial charge >= 0.3 is 0 Å². The van der Waals surface area contributed by atoms with E-state index in [2.05, 4.69) is 9.97 Å². The lowest BCUT2D eigenvalue weighted by Gasteiger charge is -2.26. The standard InChI is InChI=1S/C9H18N4O/c1-6(2)13(4-5-14)9-8(10)11-7(3)12-9/h6,14H,4-5,10H2,1-3H3,(H,11,12). The molecule has 0 radical (unpaired) electrons. The average Bonchev–Trinajstić information content (AvgIpc) is 2.40. The van der Waals surface area contributed by atoms with Gasteiger partial charge in [0.15, 0.2) is 5.82 Å². The molecule has 0 fully saturated rings. The Labute approximate surface area is 83.9 Å². The molecule has 0 aliphatic carbocycles. The number of nitrogen functional groups attached to an aromatic ring is 1. The van der Waals surface area contributed by atoms with Gasteiger partial charge in [0.2, 0.25) is 0 Å². The summed E-state index contributed by atoms with van der Waals surface area (Å²) in [6.07, 6.45) is 0. The van der Waals surface area contributed by atoms with Crippen molar-refractivity contribution in [1.29, 1.82) is 0 Å². The van der Waals surface area contributed by atoms with Crippen molar-refractivity contribution in [1.82, 2.24) is 9.97 Å². The van der Waals surface area contributed by atoms with Crippen LogP contribution in [-0.2, 0) is 0 Å². The number of aryl methyl sites for hydroxylation is 1. The van der Waals surface area contributed by atoms with E-state index in [-0.39, 0.29) is 12.6 Å². The topological polar surface area (TPSA) is 78.2 Å². The van der Waals surface area contributed by atoms with E-state index in [1.807, 2.05) is 25.7 Å². The zero-order valence-corrected chi connectivity index (χ0v) is 8.91. The molecule has 0 unspecified atom stereocenters. The Morgan fingerprint density at radius 1 is 1.57 bits per heavy atom. The smallest absolute Gasteiger partial charge is 0.171 e. The fourth-order valence-electron chi connectivity index (χ4n) is 1.43. The van der Waals surface area contributed by atoms with E-state index in [4.69, 9.17) is 10.8 Å². The number of nitrogens with zero attached hydrogens (tertiary/aromatic N) is 2. The van der Waals surface area contributed by atoms with Crippen molar-refractivity contribution < 1.29 is 5.11 Å². The fourth-order valence-corrected chi connectivity index (χ4v) is 1.43. The number of rotatable bonds is 4. The first-order valence-electron chi connectivity index (χ1n) is 4.75. The molecule has 0 atom stereocenters. The molecule has 0 spiro atoms. The summed E-state index contributed by atoms with van der Waals surface area (Å²) >= 11 is 0. The highest BCUT2D eigenvalue weighted by Gasteiger charge is 2.16. The van der Waals surface area contributed by atoms with Gasteiger partial charge in [0.05, 0.1) is 6.61 Å². The molecular formula is C9H18N4O. The maximum absolute atomic E-state index is 8.92. The Balaban J connectivity index is 2.92. The van der Waals surface area contributed by atoms with Crippen LogP contribution in [0.5, 0.6) is 0 Å². The Morgan fingerprint density at radius 3 is 2.57 bits per heavy atom. The molecule has 1 aromatic heterocycles. The lowest BCUT2D eigenvalue weighted by molar-refractivity contribution is 0.298. The summed E-state index contributed by atoms with van der Waals surface area (Å²) in [4.78, 5) is 9.20. The number of nitrogens with two attached hydrogens (primary N) is 1. The zero-order valence-electron chi connectivity index (χ0n) is 8.91. The predicted octanol–water partition coefficient (Wildman–Crippen LogP) is 0.507. The summed E-state index contributed by atoms with van der Waals surface area (Å²) < 4.78 is 0. The van der Waals surface area contributed by atoms with Crippen LogP contribution in [0, 0.1) is 6.92 Å². The van der Waals surface area contributed by atoms with Crippen LogP contribution in [0.1, 0.15) is 19.7 Å². The minimum Gasteiger partial charge on any atom is -0.395 e. The van der Waals surface area contributed by atoms with E-state index < -0.39 is 0 Å². The minimum absolute atomic E-state index is 0.101. The third kappa shape index (κ3) is 2.17. The van der Waals surface area contributed by atoms with E-state index in [1.54, 1.807) is 0 Å². The number of aromatic amines is 1. The van der Waals surface area contributed by atoms with E-state index in [0.717, 1.165) is 11.6 Å². The number of aliphatic hydroxyl groups is 1. The molecule has 0 amide bonds. The Hall–Kier alpha value is -1.23. The molecule has 0 aliphatic rings. The maximum Gasteiger partial charge on any atom is 0.171 e. The lowest BCUT2D eigenvalue weighted by atomic mass is 10.3. The number of H-pyrrole nitrogens is 1. The Kier molecular flexibility index (Phi) is 3.35. The fraction of sp³-hybridized carbons (Fsp3) is 0.667. The van der Waals surface area contributed by atoms with Crippen molar-refractivity contribution in [3.63, 3.8) is 0 Å². The van der Waals surface area contributed by atoms with Crippen LogP contribution in [0.15, 0.2) is 0 Å². The third-order valence-electron chi connectivity index (χ3n) is 2.07. The highest BCUT2D eigenvalue weighted by Crippen LogP contribution is 2.21. The predicted molar refractivity (Wildman–Crippen MR) is 57.3 cm³/mol. The summed E-state index contributed by atoms with van der Waals surface area (Å²) in [5.74, 6) is 2.08. The van der Waals surface area contributed by atoms with Gasteiger partial charge in [-0.15, -0.1) is 0 Å². The average molecular weight is 198 g/mol. The van der Waals surface area contributed by atoms with Gasteiger partial charge in [-0.3, -0.25) is 0 Å². The van der Waals surface area contributed by atoms with E-state index in [0.29, 0.717) is 12.4 Å². The van der Waals surface area contributed by atoms with Gasteiger partial charge in [0, 0.05) is 12.6 Å². The highest BCUT2D eigenvalue weighted by molar-refractivity contribution is 5.59. The van der Waals surface area contributed by atoms with Crippen LogP contribution in [0.3, 0.4) is 0 Å². The van der Waals surface area contributed by atoms with Crippen LogP contribution < -0.4 is 10.6 Å². The van der Waals surface area contributed by atoms with Crippen molar-refractivity contribution in [2.75, 3.05) is 23.8 Å². The summed E-state index contributed by atoms with van der Waals surface area (Å²) in [5.41, 5.74) is 5.77. The molecule has 0 aliphatic heterocycles. The molecule has 0 saturated carbocycles. The molecule has 0 aromatic carbocycles. The summed E-state index contributed by atoms with van der Waals surface area (Å²) in [6.45, 7) is 6.59. The number of nitrogens with one attached hydrogen (secondary N) is 1. The van der Waals surface area contributed by atoms with Gasteiger partial charge in [-0.2, -0.15) is 0 Å². The van der Waals surface area contributed by atoms with Crippen LogP contribution in [0.25, 0.3) is 0 Å². The van der Waals surface area contributed by atoms with Crippen molar-refractivity contribution in [2.24, 2.45) is 0 Å². The summed E-state index contributed by atoms with van der Waals surface area (Å²) in [7, 11) is 0. The second-order valence-corrected chi connectivity index (χ2v) is 3.57. The highest BCUT2D eigenvalue weighted by atomic mass is 16.3. The molecule has 14 heavy (non-hydrogen) atoms. The summed E-state index contributed by atoms with van der Waals surface area (Å²) in [6, 6.07) is 0.271. The van der Waals surface area contributed by atoms with E-state index >= 15 is 0 Å². The molecule has 80 valence electrons. The van der Waals surface area contributed by atoms with Gasteiger partial charge in [0.1, 0.15) is 11.6 Å². The van der Waals surface area contributed by atoms with Crippen molar-refractivity contribution >= 4 is 11.6 Å². The van der Waals surface area contributed by atoms with Crippen molar-refractivity contribution in [2.45, 2.75) is 26.8 Å². The zero-order chi connectivity index (χ0) is 10.7. The van der Waals surface area contributed by atoms with Crippen LogP contribution >= 0.6 is 0 Å². The molecule has 5 nitrogen and oxygen atoms in total. The largest absolute Gasteiger partial charge is 0.395 e. The van der Waals surface area contributed by atoms with Gasteiger partial charge in [-0.05, 0) is 20.8 Å². The first-order chi connectivity index (χ1) is 6.56. The van der Waals surface area contributed by atoms with Gasteiger partial charge in [0.25, 0.3) is 0 Å². The van der Waals surface area contributed by atoms with Gasteiger partial charge < -0.3 is 20.7 Å². The number of anilines is 2. The van der Waals surface area contributed by atoms with Gasteiger partial charge in [-0.1, -0.05) is 0 Å². The number of aromatic nitrogens is 2. The van der Waals surface area contributed by atoms with Crippen molar-refractivity contribution in [3.8, 4) is 0 Å². The SMILES string of the molecule is Cc1nc(N(CCO)C(C)C)c(N)[nH]1. The monoisotopic (exact) mass is 198 g/mol. The minimum atomic E-state index is 0.101. The normalized spacial score (nSPS) is 10.9. The van der Waals surface area contributed by atoms with Crippen LogP contribution in [0.2, 0.25) is 0 Å². The molecule has 1 aromatic rings. The van der Waals surface area contributed by atoms with E-state index in [9.17, 15) is 0 Å². The third-order valence-corrected chi connectivity index (χ3v) is 2.07. The maximum atomic E-state index is 8.92. The number of aliphatic hydroxyl groups excluding tert-OH is 1. The van der Waals surface area contributed by atoms with Crippen molar-refractivity contribution in [3.05, 3.63) is 5.82 Å². The first kappa shape index (κ1) is 10.8. The Morgan fingerprint density at radius 2 is 2.21 bits per heavy atom. The summed E-state index contributed by atoms with van der Waals surface area (Å²) in [5, 5.41) is 8.92.